The van der Waals surface area contributed by atoms with Crippen LogP contribution in [0.4, 0.5) is 0 Å². The summed E-state index contributed by atoms with van der Waals surface area (Å²) in [5, 5.41) is 9.28. The van der Waals surface area contributed by atoms with Crippen LogP contribution in [0.3, 0.4) is 0 Å². The molecule has 0 heterocycles. The molecule has 0 aliphatic heterocycles. The molecular weight excluding hydrogens is 300 g/mol. The molecule has 0 amide bonds. The smallest absolute Gasteiger partial charge is 0.104 e. The van der Waals surface area contributed by atoms with Crippen molar-refractivity contribution in [1.82, 2.24) is 0 Å². The lowest BCUT2D eigenvalue weighted by atomic mass is 10.1. The number of aliphatic hydroxyl groups is 1. The standard InChI is InChI=1S/C21H42O3/c1-3-5-7-9-10-11-12-13-14-15-17-23-20-21(19-22)24-18-16-8-6-4-2/h4,21-22H,2-3,5-20H2,1H3/t21-/m0/s1. The quantitative estimate of drug-likeness (QED) is 0.229. The van der Waals surface area contributed by atoms with Crippen LogP contribution in [0.15, 0.2) is 12.7 Å². The van der Waals surface area contributed by atoms with Gasteiger partial charge in [-0.2, -0.15) is 0 Å². The Balaban J connectivity index is 3.24. The summed E-state index contributed by atoms with van der Waals surface area (Å²) in [6, 6.07) is 0. The summed E-state index contributed by atoms with van der Waals surface area (Å²) < 4.78 is 11.3. The molecular formula is C21H42O3. The molecule has 3 nitrogen and oxygen atoms in total. The molecule has 0 saturated carbocycles. The van der Waals surface area contributed by atoms with Gasteiger partial charge in [-0.25, -0.2) is 0 Å². The van der Waals surface area contributed by atoms with E-state index in [0.717, 1.165) is 32.3 Å². The number of hydrogen-bond acceptors (Lipinski definition) is 3. The topological polar surface area (TPSA) is 38.7 Å². The first-order valence-corrected chi connectivity index (χ1v) is 10.3. The van der Waals surface area contributed by atoms with Crippen LogP contribution in [0, 0.1) is 0 Å². The Morgan fingerprint density at radius 2 is 1.42 bits per heavy atom. The van der Waals surface area contributed by atoms with Gasteiger partial charge in [0.05, 0.1) is 13.2 Å². The average Bonchev–Trinajstić information content (AvgIpc) is 2.60. The minimum Gasteiger partial charge on any atom is -0.394 e. The van der Waals surface area contributed by atoms with Crippen LogP contribution in [-0.2, 0) is 9.47 Å². The maximum atomic E-state index is 9.28. The van der Waals surface area contributed by atoms with E-state index in [1.165, 1.54) is 57.8 Å². The highest BCUT2D eigenvalue weighted by Gasteiger charge is 2.07. The molecule has 0 saturated heterocycles. The van der Waals surface area contributed by atoms with Crippen LogP contribution in [0.2, 0.25) is 0 Å². The second-order valence-electron chi connectivity index (χ2n) is 6.72. The normalized spacial score (nSPS) is 12.4. The van der Waals surface area contributed by atoms with Crippen molar-refractivity contribution >= 4 is 0 Å². The lowest BCUT2D eigenvalue weighted by Gasteiger charge is -2.15. The highest BCUT2D eigenvalue weighted by molar-refractivity contribution is 4.65. The van der Waals surface area contributed by atoms with Crippen molar-refractivity contribution in [3.63, 3.8) is 0 Å². The third kappa shape index (κ3) is 18.0. The molecule has 0 aliphatic rings. The van der Waals surface area contributed by atoms with Crippen molar-refractivity contribution in [1.29, 1.82) is 0 Å². The van der Waals surface area contributed by atoms with E-state index in [1.54, 1.807) is 0 Å². The van der Waals surface area contributed by atoms with Crippen LogP contribution < -0.4 is 0 Å². The Kier molecular flexibility index (Phi) is 20.3. The molecule has 1 N–H and O–H groups in total. The van der Waals surface area contributed by atoms with E-state index in [9.17, 15) is 5.11 Å². The second kappa shape index (κ2) is 20.7. The summed E-state index contributed by atoms with van der Waals surface area (Å²) in [5.74, 6) is 0. The minimum atomic E-state index is -0.170. The third-order valence-electron chi connectivity index (χ3n) is 4.31. The van der Waals surface area contributed by atoms with Crippen molar-refractivity contribution in [3.8, 4) is 0 Å². The summed E-state index contributed by atoms with van der Waals surface area (Å²) >= 11 is 0. The number of allylic oxidation sites excluding steroid dienone is 1. The Morgan fingerprint density at radius 1 is 0.833 bits per heavy atom. The van der Waals surface area contributed by atoms with Crippen LogP contribution in [0.5, 0.6) is 0 Å². The highest BCUT2D eigenvalue weighted by atomic mass is 16.5. The van der Waals surface area contributed by atoms with Gasteiger partial charge < -0.3 is 14.6 Å². The van der Waals surface area contributed by atoms with Gasteiger partial charge in [0.1, 0.15) is 6.10 Å². The third-order valence-corrected chi connectivity index (χ3v) is 4.31. The molecule has 24 heavy (non-hydrogen) atoms. The summed E-state index contributed by atoms with van der Waals surface area (Å²) in [6.07, 6.45) is 18.3. The van der Waals surface area contributed by atoms with E-state index in [4.69, 9.17) is 9.47 Å². The molecule has 1 atom stereocenters. The summed E-state index contributed by atoms with van der Waals surface area (Å²) in [5.41, 5.74) is 0. The predicted molar refractivity (Wildman–Crippen MR) is 104 cm³/mol. The first kappa shape index (κ1) is 23.6. The maximum Gasteiger partial charge on any atom is 0.104 e. The Morgan fingerprint density at radius 3 is 2.00 bits per heavy atom. The second-order valence-corrected chi connectivity index (χ2v) is 6.72. The van der Waals surface area contributed by atoms with Gasteiger partial charge in [-0.3, -0.25) is 0 Å². The molecule has 144 valence electrons. The largest absolute Gasteiger partial charge is 0.394 e. The van der Waals surface area contributed by atoms with E-state index in [-0.39, 0.29) is 12.7 Å². The number of ether oxygens (including phenoxy) is 2. The number of aliphatic hydroxyl groups excluding tert-OH is 1. The zero-order chi connectivity index (χ0) is 17.7. The zero-order valence-electron chi connectivity index (χ0n) is 16.1. The Hall–Kier alpha value is -0.380. The molecule has 0 fully saturated rings. The first-order chi connectivity index (χ1) is 11.8. The first-order valence-electron chi connectivity index (χ1n) is 10.3. The fraction of sp³-hybridized carbons (Fsp3) is 0.905. The van der Waals surface area contributed by atoms with E-state index in [2.05, 4.69) is 13.5 Å². The summed E-state index contributed by atoms with van der Waals surface area (Å²) in [6.45, 7) is 8.00. The van der Waals surface area contributed by atoms with E-state index in [1.807, 2.05) is 6.08 Å². The zero-order valence-corrected chi connectivity index (χ0v) is 16.1. The fourth-order valence-electron chi connectivity index (χ4n) is 2.70. The van der Waals surface area contributed by atoms with Crippen molar-refractivity contribution in [3.05, 3.63) is 12.7 Å². The molecule has 0 radical (unpaired) electrons. The van der Waals surface area contributed by atoms with E-state index in [0.29, 0.717) is 13.2 Å². The number of hydrogen-bond donors (Lipinski definition) is 1. The van der Waals surface area contributed by atoms with Gasteiger partial charge in [0.25, 0.3) is 0 Å². The van der Waals surface area contributed by atoms with Crippen molar-refractivity contribution in [2.75, 3.05) is 26.4 Å². The van der Waals surface area contributed by atoms with Gasteiger partial charge in [0.15, 0.2) is 0 Å². The highest BCUT2D eigenvalue weighted by Crippen LogP contribution is 2.10. The van der Waals surface area contributed by atoms with Crippen molar-refractivity contribution in [2.24, 2.45) is 0 Å². The van der Waals surface area contributed by atoms with Crippen LogP contribution >= 0.6 is 0 Å². The van der Waals surface area contributed by atoms with Crippen LogP contribution in [0.25, 0.3) is 0 Å². The minimum absolute atomic E-state index is 0.0412. The molecule has 0 aliphatic carbocycles. The molecule has 0 rings (SSSR count). The van der Waals surface area contributed by atoms with Crippen LogP contribution in [0.1, 0.15) is 90.4 Å². The van der Waals surface area contributed by atoms with E-state index >= 15 is 0 Å². The molecule has 3 heteroatoms. The van der Waals surface area contributed by atoms with Crippen molar-refractivity contribution < 1.29 is 14.6 Å². The van der Waals surface area contributed by atoms with Crippen molar-refractivity contribution in [2.45, 2.75) is 96.5 Å². The lowest BCUT2D eigenvalue weighted by Crippen LogP contribution is -2.24. The fourth-order valence-corrected chi connectivity index (χ4v) is 2.70. The van der Waals surface area contributed by atoms with Gasteiger partial charge in [0, 0.05) is 13.2 Å². The van der Waals surface area contributed by atoms with Gasteiger partial charge in [-0.1, -0.05) is 70.8 Å². The predicted octanol–water partition coefficient (Wildman–Crippen LogP) is 5.66. The monoisotopic (exact) mass is 342 g/mol. The van der Waals surface area contributed by atoms with Gasteiger partial charge in [-0.05, 0) is 25.7 Å². The molecule has 0 bridgehead atoms. The van der Waals surface area contributed by atoms with Gasteiger partial charge in [0.2, 0.25) is 0 Å². The molecule has 0 aromatic heterocycles. The maximum absolute atomic E-state index is 9.28. The average molecular weight is 343 g/mol. The SMILES string of the molecule is C=CCCCCO[C@@H](CO)COCCCCCCCCCCCC. The molecule has 0 spiro atoms. The number of unbranched alkanes of at least 4 members (excludes halogenated alkanes) is 11. The Bertz CT molecular complexity index is 243. The molecule has 0 unspecified atom stereocenters. The number of rotatable bonds is 20. The molecule has 0 aromatic carbocycles. The molecule has 0 aromatic rings. The van der Waals surface area contributed by atoms with Gasteiger partial charge >= 0.3 is 0 Å². The summed E-state index contributed by atoms with van der Waals surface area (Å²) in [7, 11) is 0. The summed E-state index contributed by atoms with van der Waals surface area (Å²) in [4.78, 5) is 0. The Labute approximate surface area is 150 Å². The van der Waals surface area contributed by atoms with Crippen LogP contribution in [-0.4, -0.2) is 37.6 Å². The lowest BCUT2D eigenvalue weighted by molar-refractivity contribution is -0.0436. The van der Waals surface area contributed by atoms with E-state index < -0.39 is 0 Å². The van der Waals surface area contributed by atoms with Gasteiger partial charge in [-0.15, -0.1) is 6.58 Å².